The maximum absolute atomic E-state index is 12.8. The normalized spacial score (nSPS) is 11.4. The average molecular weight is 423 g/mol. The SMILES string of the molecule is COc1ccc(S(=O)(=O)N(C)CC(=O)Nc2ccccc2OC(C)C)cc1OC. The first-order valence-corrected chi connectivity index (χ1v) is 10.4. The Kier molecular flexibility index (Phi) is 7.46. The number of sulfonamides is 1. The van der Waals surface area contributed by atoms with Crippen molar-refractivity contribution < 1.29 is 27.4 Å². The standard InChI is InChI=1S/C20H26N2O6S/c1-14(2)28-17-9-7-6-8-16(17)21-20(23)13-22(3)29(24,25)15-10-11-18(26-4)19(12-15)27-5/h6-12,14H,13H2,1-5H3,(H,21,23). The third kappa shape index (κ3) is 5.61. The van der Waals surface area contributed by atoms with Gasteiger partial charge in [0.25, 0.3) is 0 Å². The minimum absolute atomic E-state index is 0.00556. The van der Waals surface area contributed by atoms with Gasteiger partial charge in [-0.2, -0.15) is 4.31 Å². The van der Waals surface area contributed by atoms with Gasteiger partial charge in [-0.25, -0.2) is 8.42 Å². The minimum atomic E-state index is -3.91. The number of hydrogen-bond acceptors (Lipinski definition) is 6. The molecule has 0 aliphatic heterocycles. The van der Waals surface area contributed by atoms with Gasteiger partial charge in [0.1, 0.15) is 5.75 Å². The van der Waals surface area contributed by atoms with E-state index in [4.69, 9.17) is 14.2 Å². The van der Waals surface area contributed by atoms with Crippen LogP contribution in [0.5, 0.6) is 17.2 Å². The van der Waals surface area contributed by atoms with E-state index in [2.05, 4.69) is 5.32 Å². The lowest BCUT2D eigenvalue weighted by molar-refractivity contribution is -0.116. The molecule has 9 heteroatoms. The van der Waals surface area contributed by atoms with Crippen LogP contribution in [0.4, 0.5) is 5.69 Å². The van der Waals surface area contributed by atoms with Gasteiger partial charge in [0.05, 0.1) is 37.5 Å². The molecule has 1 amide bonds. The molecular formula is C20H26N2O6S. The number of hydrogen-bond donors (Lipinski definition) is 1. The molecule has 1 N–H and O–H groups in total. The average Bonchev–Trinajstić information content (AvgIpc) is 2.68. The van der Waals surface area contributed by atoms with Crippen molar-refractivity contribution in [3.8, 4) is 17.2 Å². The molecule has 0 radical (unpaired) electrons. The van der Waals surface area contributed by atoms with Crippen LogP contribution in [0.1, 0.15) is 13.8 Å². The van der Waals surface area contributed by atoms with Crippen LogP contribution in [-0.4, -0.2) is 52.5 Å². The molecule has 8 nitrogen and oxygen atoms in total. The quantitative estimate of drug-likeness (QED) is 0.668. The molecule has 0 aliphatic rings. The molecule has 158 valence electrons. The van der Waals surface area contributed by atoms with E-state index in [1.807, 2.05) is 13.8 Å². The van der Waals surface area contributed by atoms with Gasteiger partial charge >= 0.3 is 0 Å². The van der Waals surface area contributed by atoms with Gasteiger partial charge in [-0.1, -0.05) is 12.1 Å². The van der Waals surface area contributed by atoms with E-state index in [1.54, 1.807) is 24.3 Å². The van der Waals surface area contributed by atoms with Crippen LogP contribution in [0.3, 0.4) is 0 Å². The Labute approximate surface area is 171 Å². The summed E-state index contributed by atoms with van der Waals surface area (Å²) >= 11 is 0. The summed E-state index contributed by atoms with van der Waals surface area (Å²) < 4.78 is 42.6. The number of carbonyl (C=O) groups is 1. The van der Waals surface area contributed by atoms with E-state index in [9.17, 15) is 13.2 Å². The summed E-state index contributed by atoms with van der Waals surface area (Å²) in [7, 11) is 0.309. The zero-order valence-corrected chi connectivity index (χ0v) is 17.9. The molecule has 0 unspecified atom stereocenters. The molecule has 29 heavy (non-hydrogen) atoms. The van der Waals surface area contributed by atoms with E-state index >= 15 is 0 Å². The fraction of sp³-hybridized carbons (Fsp3) is 0.350. The summed E-state index contributed by atoms with van der Waals surface area (Å²) in [6.07, 6.45) is -0.0684. The van der Waals surface area contributed by atoms with Crippen molar-refractivity contribution in [3.05, 3.63) is 42.5 Å². The van der Waals surface area contributed by atoms with Gasteiger partial charge < -0.3 is 19.5 Å². The van der Waals surface area contributed by atoms with Crippen molar-refractivity contribution in [2.24, 2.45) is 0 Å². The van der Waals surface area contributed by atoms with Crippen molar-refractivity contribution in [3.63, 3.8) is 0 Å². The van der Waals surface area contributed by atoms with E-state index in [1.165, 1.54) is 39.5 Å². The molecule has 0 saturated heterocycles. The van der Waals surface area contributed by atoms with Gasteiger partial charge in [0.15, 0.2) is 11.5 Å². The molecule has 2 rings (SSSR count). The molecule has 0 heterocycles. The van der Waals surface area contributed by atoms with E-state index in [-0.39, 0.29) is 23.3 Å². The molecule has 0 aromatic heterocycles. The lowest BCUT2D eigenvalue weighted by Crippen LogP contribution is -2.35. The summed E-state index contributed by atoms with van der Waals surface area (Å²) in [5.41, 5.74) is 0.475. The van der Waals surface area contributed by atoms with Crippen LogP contribution < -0.4 is 19.5 Å². The predicted molar refractivity (Wildman–Crippen MR) is 110 cm³/mol. The monoisotopic (exact) mass is 422 g/mol. The fourth-order valence-corrected chi connectivity index (χ4v) is 3.70. The molecule has 0 aliphatic carbocycles. The Morgan fingerprint density at radius 1 is 1.03 bits per heavy atom. The molecule has 0 fully saturated rings. The van der Waals surface area contributed by atoms with Crippen LogP contribution in [0.2, 0.25) is 0 Å². The van der Waals surface area contributed by atoms with Crippen LogP contribution in [0, 0.1) is 0 Å². The maximum Gasteiger partial charge on any atom is 0.243 e. The number of likely N-dealkylation sites (N-methyl/N-ethyl adjacent to an activating group) is 1. The molecule has 0 atom stereocenters. The number of ether oxygens (including phenoxy) is 3. The van der Waals surface area contributed by atoms with Gasteiger partial charge in [-0.05, 0) is 38.1 Å². The molecule has 0 spiro atoms. The fourth-order valence-electron chi connectivity index (χ4n) is 2.56. The highest BCUT2D eigenvalue weighted by Gasteiger charge is 2.25. The molecule has 2 aromatic rings. The van der Waals surface area contributed by atoms with Crippen LogP contribution in [-0.2, 0) is 14.8 Å². The topological polar surface area (TPSA) is 94.2 Å². The highest BCUT2D eigenvalue weighted by atomic mass is 32.2. The number of nitrogens with one attached hydrogen (secondary N) is 1. The first-order valence-electron chi connectivity index (χ1n) is 8.93. The minimum Gasteiger partial charge on any atom is -0.493 e. The Morgan fingerprint density at radius 2 is 1.69 bits per heavy atom. The molecule has 2 aromatic carbocycles. The number of benzene rings is 2. The van der Waals surface area contributed by atoms with Crippen LogP contribution >= 0.6 is 0 Å². The van der Waals surface area contributed by atoms with Gasteiger partial charge in [-0.15, -0.1) is 0 Å². The molecule has 0 saturated carbocycles. The molecule has 0 bridgehead atoms. The summed E-state index contributed by atoms with van der Waals surface area (Å²) in [5.74, 6) is 0.720. The zero-order valence-electron chi connectivity index (χ0n) is 17.1. The number of methoxy groups -OCH3 is 2. The van der Waals surface area contributed by atoms with Gasteiger partial charge in [0, 0.05) is 13.1 Å². The third-order valence-electron chi connectivity index (χ3n) is 3.95. The van der Waals surface area contributed by atoms with E-state index in [0.717, 1.165) is 4.31 Å². The summed E-state index contributed by atoms with van der Waals surface area (Å²) in [5, 5.41) is 2.70. The largest absolute Gasteiger partial charge is 0.493 e. The maximum atomic E-state index is 12.8. The first kappa shape index (κ1) is 22.5. The van der Waals surface area contributed by atoms with Crippen molar-refractivity contribution in [1.82, 2.24) is 4.31 Å². The van der Waals surface area contributed by atoms with Crippen LogP contribution in [0.15, 0.2) is 47.4 Å². The second-order valence-corrected chi connectivity index (χ2v) is 8.53. The third-order valence-corrected chi connectivity index (χ3v) is 5.75. The number of para-hydroxylation sites is 2. The lowest BCUT2D eigenvalue weighted by Gasteiger charge is -2.19. The Morgan fingerprint density at radius 3 is 2.31 bits per heavy atom. The molecular weight excluding hydrogens is 396 g/mol. The summed E-state index contributed by atoms with van der Waals surface area (Å²) in [6.45, 7) is 3.39. The lowest BCUT2D eigenvalue weighted by atomic mass is 10.3. The van der Waals surface area contributed by atoms with E-state index in [0.29, 0.717) is 17.2 Å². The number of nitrogens with zero attached hydrogens (tertiary/aromatic N) is 1. The van der Waals surface area contributed by atoms with Crippen molar-refractivity contribution in [2.45, 2.75) is 24.8 Å². The number of anilines is 1. The van der Waals surface area contributed by atoms with E-state index < -0.39 is 15.9 Å². The number of amides is 1. The Bertz CT molecular complexity index is 959. The Hall–Kier alpha value is -2.78. The van der Waals surface area contributed by atoms with Crippen LogP contribution in [0.25, 0.3) is 0 Å². The summed E-state index contributed by atoms with van der Waals surface area (Å²) in [4.78, 5) is 12.4. The number of rotatable bonds is 9. The predicted octanol–water partition coefficient (Wildman–Crippen LogP) is 2.75. The highest BCUT2D eigenvalue weighted by Crippen LogP contribution is 2.30. The van der Waals surface area contributed by atoms with Crippen molar-refractivity contribution in [2.75, 3.05) is 33.1 Å². The second-order valence-electron chi connectivity index (χ2n) is 6.49. The Balaban J connectivity index is 2.15. The highest BCUT2D eigenvalue weighted by molar-refractivity contribution is 7.89. The van der Waals surface area contributed by atoms with Gasteiger partial charge in [0.2, 0.25) is 15.9 Å². The van der Waals surface area contributed by atoms with Gasteiger partial charge in [-0.3, -0.25) is 4.79 Å². The smallest absolute Gasteiger partial charge is 0.243 e. The number of carbonyl (C=O) groups excluding carboxylic acids is 1. The van der Waals surface area contributed by atoms with Crippen molar-refractivity contribution >= 4 is 21.6 Å². The van der Waals surface area contributed by atoms with Crippen molar-refractivity contribution in [1.29, 1.82) is 0 Å². The second kappa shape index (κ2) is 9.62. The first-order chi connectivity index (χ1) is 13.7. The zero-order chi connectivity index (χ0) is 21.6. The summed E-state index contributed by atoms with van der Waals surface area (Å²) in [6, 6.07) is 11.2.